The van der Waals surface area contributed by atoms with Crippen molar-refractivity contribution in [2.24, 2.45) is 5.73 Å². The van der Waals surface area contributed by atoms with E-state index < -0.39 is 0 Å². The van der Waals surface area contributed by atoms with Gasteiger partial charge < -0.3 is 16.0 Å². The van der Waals surface area contributed by atoms with Gasteiger partial charge in [-0.05, 0) is 30.0 Å². The second-order valence-corrected chi connectivity index (χ2v) is 6.50. The number of rotatable bonds is 6. The number of nitrogens with two attached hydrogens (primary N) is 2. The molecule has 0 aliphatic rings. The van der Waals surface area contributed by atoms with E-state index in [-0.39, 0.29) is 17.9 Å². The molecule has 5 N–H and O–H groups in total. The van der Waals surface area contributed by atoms with Gasteiger partial charge in [-0.25, -0.2) is 0 Å². The van der Waals surface area contributed by atoms with Crippen LogP contribution in [0.3, 0.4) is 0 Å². The molecule has 0 unspecified atom stereocenters. The Bertz CT molecular complexity index is 763. The standard InChI is InChI=1S/C17H19N3OS/c1-11(17(18)21)19-10-14(16-7-4-8-22-16)13-9-20-15-6-3-2-5-12(13)15/h2-9,11,14,19-20H,10H2,1H3,(H2,18,21)/p+1/t11-,14-/m0/s1. The molecule has 3 rings (SSSR count). The lowest BCUT2D eigenvalue weighted by molar-refractivity contribution is -0.674. The molecular weight excluding hydrogens is 294 g/mol. The minimum Gasteiger partial charge on any atom is -0.365 e. The van der Waals surface area contributed by atoms with Crippen LogP contribution in [-0.2, 0) is 4.79 Å². The number of hydrogen-bond acceptors (Lipinski definition) is 2. The summed E-state index contributed by atoms with van der Waals surface area (Å²) in [5.41, 5.74) is 7.79. The van der Waals surface area contributed by atoms with Crippen molar-refractivity contribution in [3.63, 3.8) is 0 Å². The van der Waals surface area contributed by atoms with Crippen LogP contribution in [-0.4, -0.2) is 23.5 Å². The maximum absolute atomic E-state index is 11.3. The van der Waals surface area contributed by atoms with Crippen molar-refractivity contribution in [2.75, 3.05) is 6.54 Å². The van der Waals surface area contributed by atoms with E-state index in [4.69, 9.17) is 5.73 Å². The molecule has 4 nitrogen and oxygen atoms in total. The summed E-state index contributed by atoms with van der Waals surface area (Å²) >= 11 is 1.75. The number of carbonyl (C=O) groups excluding carboxylic acids is 1. The van der Waals surface area contributed by atoms with E-state index in [1.165, 1.54) is 15.8 Å². The first-order valence-electron chi connectivity index (χ1n) is 7.39. The SMILES string of the molecule is C[C@H]([NH2+]C[C@H](c1cccs1)c1c[nH]c2ccccc12)C(N)=O. The Labute approximate surface area is 133 Å². The van der Waals surface area contributed by atoms with Gasteiger partial charge in [0.15, 0.2) is 6.04 Å². The largest absolute Gasteiger partial charge is 0.365 e. The van der Waals surface area contributed by atoms with E-state index in [0.717, 1.165) is 12.1 Å². The number of amides is 1. The summed E-state index contributed by atoms with van der Waals surface area (Å²) in [6.07, 6.45) is 2.08. The number of hydrogen-bond donors (Lipinski definition) is 3. The Morgan fingerprint density at radius 1 is 1.32 bits per heavy atom. The summed E-state index contributed by atoms with van der Waals surface area (Å²) in [5, 5.41) is 5.35. The molecule has 114 valence electrons. The van der Waals surface area contributed by atoms with Crippen molar-refractivity contribution < 1.29 is 10.1 Å². The quantitative estimate of drug-likeness (QED) is 0.637. The first kappa shape index (κ1) is 14.8. The number of carbonyl (C=O) groups is 1. The average Bonchev–Trinajstić information content (AvgIpc) is 3.17. The topological polar surface area (TPSA) is 75.5 Å². The minimum absolute atomic E-state index is 0.215. The lowest BCUT2D eigenvalue weighted by Gasteiger charge is -2.16. The smallest absolute Gasteiger partial charge is 0.275 e. The maximum Gasteiger partial charge on any atom is 0.275 e. The number of aromatic amines is 1. The number of para-hydroxylation sites is 1. The van der Waals surface area contributed by atoms with E-state index in [0.29, 0.717) is 0 Å². The average molecular weight is 314 g/mol. The van der Waals surface area contributed by atoms with Crippen molar-refractivity contribution in [3.05, 3.63) is 58.4 Å². The van der Waals surface area contributed by atoms with Crippen molar-refractivity contribution in [2.45, 2.75) is 18.9 Å². The highest BCUT2D eigenvalue weighted by atomic mass is 32.1. The molecule has 0 bridgehead atoms. The van der Waals surface area contributed by atoms with Gasteiger partial charge in [-0.15, -0.1) is 11.3 Å². The third-order valence-electron chi connectivity index (χ3n) is 4.06. The number of quaternary nitrogens is 1. The van der Waals surface area contributed by atoms with Gasteiger partial charge in [-0.3, -0.25) is 4.79 Å². The summed E-state index contributed by atoms with van der Waals surface area (Å²) in [6, 6.07) is 12.3. The van der Waals surface area contributed by atoms with Gasteiger partial charge in [0.05, 0.1) is 12.5 Å². The van der Waals surface area contributed by atoms with Gasteiger partial charge in [0, 0.05) is 22.0 Å². The Balaban J connectivity index is 1.93. The monoisotopic (exact) mass is 314 g/mol. The van der Waals surface area contributed by atoms with Crippen molar-refractivity contribution in [1.82, 2.24) is 4.98 Å². The van der Waals surface area contributed by atoms with Gasteiger partial charge in [0.25, 0.3) is 5.91 Å². The maximum atomic E-state index is 11.3. The van der Waals surface area contributed by atoms with Gasteiger partial charge in [0.2, 0.25) is 0 Å². The zero-order chi connectivity index (χ0) is 15.5. The van der Waals surface area contributed by atoms with Gasteiger partial charge in [0.1, 0.15) is 0 Å². The van der Waals surface area contributed by atoms with Crippen LogP contribution in [0, 0.1) is 0 Å². The predicted octanol–water partition coefficient (Wildman–Crippen LogP) is 1.80. The summed E-state index contributed by atoms with van der Waals surface area (Å²) in [7, 11) is 0. The van der Waals surface area contributed by atoms with Crippen LogP contribution < -0.4 is 11.1 Å². The molecule has 0 fully saturated rings. The lowest BCUT2D eigenvalue weighted by Crippen LogP contribution is -2.92. The normalized spacial score (nSPS) is 14.0. The molecule has 0 aliphatic heterocycles. The number of nitrogens with one attached hydrogen (secondary N) is 1. The summed E-state index contributed by atoms with van der Waals surface area (Å²) < 4.78 is 0. The summed E-state index contributed by atoms with van der Waals surface area (Å²) in [6.45, 7) is 2.65. The number of aromatic nitrogens is 1. The minimum atomic E-state index is -0.274. The Kier molecular flexibility index (Phi) is 4.27. The first-order valence-corrected chi connectivity index (χ1v) is 8.27. The second-order valence-electron chi connectivity index (χ2n) is 5.52. The molecule has 2 aromatic heterocycles. The fraction of sp³-hybridized carbons (Fsp3) is 0.235. The fourth-order valence-corrected chi connectivity index (χ4v) is 3.58. The molecule has 0 aliphatic carbocycles. The number of benzene rings is 1. The summed E-state index contributed by atoms with van der Waals surface area (Å²) in [5.74, 6) is -0.0261. The van der Waals surface area contributed by atoms with E-state index in [9.17, 15) is 4.79 Å². The highest BCUT2D eigenvalue weighted by molar-refractivity contribution is 7.10. The van der Waals surface area contributed by atoms with Crippen LogP contribution in [0.25, 0.3) is 10.9 Å². The van der Waals surface area contributed by atoms with Crippen LogP contribution in [0.4, 0.5) is 0 Å². The molecule has 5 heteroatoms. The van der Waals surface area contributed by atoms with E-state index in [2.05, 4.69) is 46.9 Å². The highest BCUT2D eigenvalue weighted by Crippen LogP contribution is 2.32. The van der Waals surface area contributed by atoms with Crippen LogP contribution in [0.1, 0.15) is 23.3 Å². The molecule has 1 aromatic carbocycles. The van der Waals surface area contributed by atoms with Gasteiger partial charge in [-0.2, -0.15) is 0 Å². The molecule has 0 spiro atoms. The van der Waals surface area contributed by atoms with E-state index >= 15 is 0 Å². The molecule has 0 radical (unpaired) electrons. The van der Waals surface area contributed by atoms with Gasteiger partial charge >= 0.3 is 0 Å². The van der Waals surface area contributed by atoms with E-state index in [1.54, 1.807) is 11.3 Å². The number of primary amides is 1. The highest BCUT2D eigenvalue weighted by Gasteiger charge is 2.23. The van der Waals surface area contributed by atoms with Crippen LogP contribution in [0.5, 0.6) is 0 Å². The predicted molar refractivity (Wildman–Crippen MR) is 89.9 cm³/mol. The summed E-state index contributed by atoms with van der Waals surface area (Å²) in [4.78, 5) is 15.9. The van der Waals surface area contributed by atoms with Crippen LogP contribution in [0.15, 0.2) is 48.0 Å². The molecule has 0 saturated carbocycles. The lowest BCUT2D eigenvalue weighted by atomic mass is 9.96. The number of H-pyrrole nitrogens is 1. The molecular formula is C17H20N3OS+. The van der Waals surface area contributed by atoms with E-state index in [1.807, 2.05) is 18.3 Å². The zero-order valence-electron chi connectivity index (χ0n) is 12.5. The Morgan fingerprint density at radius 3 is 2.86 bits per heavy atom. The molecule has 22 heavy (non-hydrogen) atoms. The Hall–Kier alpha value is -2.11. The fourth-order valence-electron chi connectivity index (χ4n) is 2.72. The third kappa shape index (κ3) is 2.91. The molecule has 0 saturated heterocycles. The van der Waals surface area contributed by atoms with Gasteiger partial charge in [-0.1, -0.05) is 24.3 Å². The molecule has 2 heterocycles. The first-order chi connectivity index (χ1) is 10.7. The van der Waals surface area contributed by atoms with Crippen molar-refractivity contribution in [3.8, 4) is 0 Å². The molecule has 3 aromatic rings. The molecule has 1 amide bonds. The third-order valence-corrected chi connectivity index (χ3v) is 5.04. The number of fused-ring (bicyclic) bond motifs is 1. The van der Waals surface area contributed by atoms with Crippen LogP contribution in [0.2, 0.25) is 0 Å². The number of thiophene rings is 1. The Morgan fingerprint density at radius 2 is 2.14 bits per heavy atom. The van der Waals surface area contributed by atoms with Crippen molar-refractivity contribution in [1.29, 1.82) is 0 Å². The second kappa shape index (κ2) is 6.34. The van der Waals surface area contributed by atoms with Crippen LogP contribution >= 0.6 is 11.3 Å². The van der Waals surface area contributed by atoms with Crippen molar-refractivity contribution >= 4 is 28.1 Å². The zero-order valence-corrected chi connectivity index (χ0v) is 13.3. The molecule has 2 atom stereocenters.